The first-order valence-electron chi connectivity index (χ1n) is 7.61. The summed E-state index contributed by atoms with van der Waals surface area (Å²) in [5.41, 5.74) is 2.50. The number of nitrogens with zero attached hydrogens (tertiary/aromatic N) is 6. The Labute approximate surface area is 130 Å². The molecule has 0 radical (unpaired) electrons. The molecular weight excluding hydrogens is 292 g/mol. The van der Waals surface area contributed by atoms with Crippen LogP contribution < -0.4 is 5.56 Å². The first kappa shape index (κ1) is 12.6. The van der Waals surface area contributed by atoms with Crippen molar-refractivity contribution in [3.8, 4) is 5.82 Å². The minimum absolute atomic E-state index is 0.0441. The first-order valence-corrected chi connectivity index (χ1v) is 7.61. The van der Waals surface area contributed by atoms with Crippen molar-refractivity contribution in [2.45, 2.75) is 18.8 Å². The first-order chi connectivity index (χ1) is 11.2. The molecule has 0 spiro atoms. The lowest BCUT2D eigenvalue weighted by atomic mass is 10.2. The highest BCUT2D eigenvalue weighted by atomic mass is 16.1. The molecule has 1 aliphatic rings. The zero-order valence-corrected chi connectivity index (χ0v) is 12.5. The molecule has 1 saturated carbocycles. The van der Waals surface area contributed by atoms with Gasteiger partial charge in [-0.25, -0.2) is 4.98 Å². The van der Waals surface area contributed by atoms with Crippen LogP contribution in [0.5, 0.6) is 0 Å². The topological polar surface area (TPSA) is 70.0 Å². The summed E-state index contributed by atoms with van der Waals surface area (Å²) in [5, 5.41) is 9.10. The second-order valence-corrected chi connectivity index (χ2v) is 6.01. The molecule has 1 aliphatic carbocycles. The summed E-state index contributed by atoms with van der Waals surface area (Å²) in [5.74, 6) is 1.15. The van der Waals surface area contributed by atoms with Crippen LogP contribution in [0.2, 0.25) is 0 Å². The third-order valence-corrected chi connectivity index (χ3v) is 4.46. The lowest BCUT2D eigenvalue weighted by Gasteiger charge is -2.07. The van der Waals surface area contributed by atoms with Gasteiger partial charge in [0.1, 0.15) is 6.33 Å². The fraction of sp³-hybridized carbons (Fsp3) is 0.250. The molecule has 7 heteroatoms. The van der Waals surface area contributed by atoms with Gasteiger partial charge in [-0.05, 0) is 25.0 Å². The average Bonchev–Trinajstić information content (AvgIpc) is 3.14. The predicted molar refractivity (Wildman–Crippen MR) is 84.8 cm³/mol. The van der Waals surface area contributed by atoms with Crippen LogP contribution in [0.4, 0.5) is 0 Å². The van der Waals surface area contributed by atoms with Gasteiger partial charge in [-0.15, -0.1) is 5.10 Å². The van der Waals surface area contributed by atoms with Gasteiger partial charge in [-0.1, -0.05) is 17.3 Å². The van der Waals surface area contributed by atoms with E-state index in [2.05, 4.69) is 15.3 Å². The zero-order chi connectivity index (χ0) is 15.6. The normalized spacial score (nSPS) is 14.8. The molecule has 5 rings (SSSR count). The molecule has 3 heterocycles. The van der Waals surface area contributed by atoms with E-state index in [4.69, 9.17) is 0 Å². The summed E-state index contributed by atoms with van der Waals surface area (Å²) in [7, 11) is 1.76. The molecule has 23 heavy (non-hydrogen) atoms. The molecule has 7 nitrogen and oxygen atoms in total. The Morgan fingerprint density at radius 2 is 2.04 bits per heavy atom. The molecule has 0 N–H and O–H groups in total. The van der Waals surface area contributed by atoms with E-state index in [0.29, 0.717) is 22.8 Å². The van der Waals surface area contributed by atoms with Crippen LogP contribution in [-0.4, -0.2) is 28.9 Å². The highest BCUT2D eigenvalue weighted by Crippen LogP contribution is 2.38. The highest BCUT2D eigenvalue weighted by molar-refractivity contribution is 5.82. The fourth-order valence-corrected chi connectivity index (χ4v) is 3.07. The van der Waals surface area contributed by atoms with E-state index in [1.807, 2.05) is 34.9 Å². The number of aryl methyl sites for hydroxylation is 1. The standard InChI is InChI=1S/C16H14N6O/c1-20-15-14(22-8-12(18-19-22)10-6-7-10)17-9-21(15)13-5-3-2-4-11(13)16(20)23/h2-5,8-10H,6-7H2,1H3. The maximum absolute atomic E-state index is 12.6. The second-order valence-electron chi connectivity index (χ2n) is 6.01. The van der Waals surface area contributed by atoms with E-state index in [-0.39, 0.29) is 5.56 Å². The Morgan fingerprint density at radius 1 is 1.22 bits per heavy atom. The van der Waals surface area contributed by atoms with Crippen molar-refractivity contribution in [3.05, 3.63) is 52.8 Å². The minimum atomic E-state index is -0.0441. The molecule has 3 aromatic heterocycles. The lowest BCUT2D eigenvalue weighted by molar-refractivity contribution is 0.776. The molecule has 1 aromatic carbocycles. The number of aromatic nitrogens is 6. The van der Waals surface area contributed by atoms with E-state index in [0.717, 1.165) is 11.2 Å². The Bertz CT molecular complexity index is 1110. The Balaban J connectivity index is 1.84. The molecule has 0 aliphatic heterocycles. The number of hydrogen-bond acceptors (Lipinski definition) is 4. The molecule has 1 fully saturated rings. The smallest absolute Gasteiger partial charge is 0.261 e. The summed E-state index contributed by atoms with van der Waals surface area (Å²) in [4.78, 5) is 17.1. The molecule has 0 saturated heterocycles. The molecule has 4 aromatic rings. The van der Waals surface area contributed by atoms with Gasteiger partial charge in [0.2, 0.25) is 0 Å². The maximum Gasteiger partial charge on any atom is 0.261 e. The summed E-state index contributed by atoms with van der Waals surface area (Å²) < 4.78 is 5.20. The molecule has 0 bridgehead atoms. The number of imidazole rings is 1. The summed E-state index contributed by atoms with van der Waals surface area (Å²) in [6.45, 7) is 0. The molecule has 114 valence electrons. The zero-order valence-electron chi connectivity index (χ0n) is 12.5. The van der Waals surface area contributed by atoms with Gasteiger partial charge in [0, 0.05) is 13.0 Å². The van der Waals surface area contributed by atoms with E-state index in [1.54, 1.807) is 22.6 Å². The van der Waals surface area contributed by atoms with Crippen LogP contribution in [0.15, 0.2) is 41.6 Å². The summed E-state index contributed by atoms with van der Waals surface area (Å²) in [6, 6.07) is 7.54. The van der Waals surface area contributed by atoms with Gasteiger partial charge in [-0.3, -0.25) is 13.8 Å². The van der Waals surface area contributed by atoms with E-state index in [9.17, 15) is 4.79 Å². The Hall–Kier alpha value is -2.96. The lowest BCUT2D eigenvalue weighted by Crippen LogP contribution is -2.20. The van der Waals surface area contributed by atoms with Crippen LogP contribution in [0.3, 0.4) is 0 Å². The van der Waals surface area contributed by atoms with Crippen LogP contribution in [-0.2, 0) is 7.05 Å². The van der Waals surface area contributed by atoms with Crippen LogP contribution in [0.25, 0.3) is 22.4 Å². The summed E-state index contributed by atoms with van der Waals surface area (Å²) in [6.07, 6.45) is 5.99. The summed E-state index contributed by atoms with van der Waals surface area (Å²) >= 11 is 0. The number of fused-ring (bicyclic) bond motifs is 3. The SMILES string of the molecule is Cn1c(=O)c2ccccc2n2cnc(-n3cc(C4CC4)nn3)c12. The second kappa shape index (κ2) is 4.28. The minimum Gasteiger partial charge on any atom is -0.294 e. The van der Waals surface area contributed by atoms with Crippen molar-refractivity contribution in [1.82, 2.24) is 28.9 Å². The van der Waals surface area contributed by atoms with Gasteiger partial charge in [0.25, 0.3) is 5.56 Å². The van der Waals surface area contributed by atoms with Crippen molar-refractivity contribution in [2.24, 2.45) is 7.05 Å². The van der Waals surface area contributed by atoms with Crippen LogP contribution >= 0.6 is 0 Å². The van der Waals surface area contributed by atoms with Crippen LogP contribution in [0, 0.1) is 0 Å². The maximum atomic E-state index is 12.6. The van der Waals surface area contributed by atoms with Gasteiger partial charge < -0.3 is 0 Å². The number of hydrogen-bond donors (Lipinski definition) is 0. The van der Waals surface area contributed by atoms with E-state index >= 15 is 0 Å². The van der Waals surface area contributed by atoms with Crippen molar-refractivity contribution >= 4 is 16.6 Å². The Kier molecular flexibility index (Phi) is 2.34. The molecule has 0 unspecified atom stereocenters. The fourth-order valence-electron chi connectivity index (χ4n) is 3.07. The quantitative estimate of drug-likeness (QED) is 0.564. The third kappa shape index (κ3) is 1.70. The van der Waals surface area contributed by atoms with Crippen molar-refractivity contribution < 1.29 is 0 Å². The largest absolute Gasteiger partial charge is 0.294 e. The van der Waals surface area contributed by atoms with Gasteiger partial charge in [0.15, 0.2) is 11.5 Å². The van der Waals surface area contributed by atoms with Crippen molar-refractivity contribution in [3.63, 3.8) is 0 Å². The van der Waals surface area contributed by atoms with Crippen molar-refractivity contribution in [2.75, 3.05) is 0 Å². The molecule has 0 atom stereocenters. The van der Waals surface area contributed by atoms with Crippen molar-refractivity contribution in [1.29, 1.82) is 0 Å². The molecule has 0 amide bonds. The van der Waals surface area contributed by atoms with Gasteiger partial charge in [0.05, 0.1) is 22.8 Å². The van der Waals surface area contributed by atoms with E-state index < -0.39 is 0 Å². The predicted octanol–water partition coefficient (Wildman–Crippen LogP) is 1.64. The van der Waals surface area contributed by atoms with Crippen LogP contribution in [0.1, 0.15) is 24.5 Å². The Morgan fingerprint density at radius 3 is 2.87 bits per heavy atom. The highest BCUT2D eigenvalue weighted by Gasteiger charge is 2.27. The number of rotatable bonds is 2. The van der Waals surface area contributed by atoms with E-state index in [1.165, 1.54) is 12.8 Å². The number of para-hydroxylation sites is 1. The molecular formula is C16H14N6O. The number of benzene rings is 1. The monoisotopic (exact) mass is 306 g/mol. The van der Waals surface area contributed by atoms with Gasteiger partial charge in [-0.2, -0.15) is 4.68 Å². The average molecular weight is 306 g/mol. The van der Waals surface area contributed by atoms with Gasteiger partial charge >= 0.3 is 0 Å². The third-order valence-electron chi connectivity index (χ3n) is 4.46.